The fourth-order valence-corrected chi connectivity index (χ4v) is 4.37. The van der Waals surface area contributed by atoms with Crippen LogP contribution in [0, 0.1) is 6.92 Å². The summed E-state index contributed by atoms with van der Waals surface area (Å²) in [7, 11) is 5.16. The summed E-state index contributed by atoms with van der Waals surface area (Å²) < 4.78 is 6.68. The lowest BCUT2D eigenvalue weighted by Gasteiger charge is -2.24. The van der Waals surface area contributed by atoms with Crippen LogP contribution in [0.2, 0.25) is 0 Å². The van der Waals surface area contributed by atoms with E-state index in [1.165, 1.54) is 32.8 Å². The Balaban J connectivity index is 1.77. The molecule has 1 saturated carbocycles. The molecule has 4 rings (SSSR count). The van der Waals surface area contributed by atoms with Crippen LogP contribution in [0.15, 0.2) is 6.20 Å². The second-order valence-corrected chi connectivity index (χ2v) is 7.54. The Labute approximate surface area is 158 Å². The van der Waals surface area contributed by atoms with Crippen molar-refractivity contribution >= 4 is 22.7 Å². The van der Waals surface area contributed by atoms with E-state index in [4.69, 9.17) is 9.57 Å². The molecule has 1 aliphatic heterocycles. The van der Waals surface area contributed by atoms with Crippen molar-refractivity contribution in [2.75, 3.05) is 19.5 Å². The maximum Gasteiger partial charge on any atom is 0.337 e. The summed E-state index contributed by atoms with van der Waals surface area (Å²) >= 11 is 0. The van der Waals surface area contributed by atoms with Gasteiger partial charge in [-0.1, -0.05) is 12.8 Å². The monoisotopic (exact) mass is 373 g/mol. The Bertz CT molecular complexity index is 859. The van der Waals surface area contributed by atoms with Gasteiger partial charge in [0.15, 0.2) is 11.8 Å². The van der Waals surface area contributed by atoms with Gasteiger partial charge in [0.25, 0.3) is 0 Å². The molecule has 8 nitrogen and oxygen atoms in total. The molecule has 0 amide bonds. The minimum atomic E-state index is -0.588. The third-order valence-electron chi connectivity index (χ3n) is 5.75. The second kappa shape index (κ2) is 7.09. The van der Waals surface area contributed by atoms with E-state index < -0.39 is 6.10 Å². The zero-order valence-corrected chi connectivity index (χ0v) is 16.4. The van der Waals surface area contributed by atoms with E-state index in [2.05, 4.69) is 15.4 Å². The molecule has 2 fully saturated rings. The molecule has 0 spiro atoms. The fraction of sp³-hybridized carbons (Fsp3) is 0.632. The molecule has 0 radical (unpaired) electrons. The molecule has 0 bridgehead atoms. The van der Waals surface area contributed by atoms with Gasteiger partial charge in [-0.05, 0) is 19.8 Å². The summed E-state index contributed by atoms with van der Waals surface area (Å²) in [6.07, 6.45) is 6.69. The molecule has 2 aromatic rings. The number of aromatic nitrogens is 3. The number of hydrogen-bond donors (Lipinski definition) is 1. The summed E-state index contributed by atoms with van der Waals surface area (Å²) in [6, 6.07) is 0.382. The summed E-state index contributed by atoms with van der Waals surface area (Å²) in [4.78, 5) is 22.4. The van der Waals surface area contributed by atoms with Gasteiger partial charge >= 0.3 is 5.97 Å². The number of nitrogens with zero attached hydrogens (tertiary/aromatic N) is 4. The van der Waals surface area contributed by atoms with Gasteiger partial charge in [0.2, 0.25) is 0 Å². The van der Waals surface area contributed by atoms with Crippen molar-refractivity contribution in [2.24, 2.45) is 7.05 Å². The van der Waals surface area contributed by atoms with Crippen LogP contribution in [-0.2, 0) is 21.4 Å². The summed E-state index contributed by atoms with van der Waals surface area (Å²) in [6.45, 7) is 2.01. The smallest absolute Gasteiger partial charge is 0.337 e. The lowest BCUT2D eigenvalue weighted by atomic mass is 9.99. The first-order valence-corrected chi connectivity index (χ1v) is 9.55. The van der Waals surface area contributed by atoms with Crippen LogP contribution in [0.25, 0.3) is 11.0 Å². The molecule has 1 aliphatic carbocycles. The zero-order chi connectivity index (χ0) is 19.1. The highest BCUT2D eigenvalue weighted by molar-refractivity contribution is 5.93. The first-order valence-electron chi connectivity index (χ1n) is 9.55. The fourth-order valence-electron chi connectivity index (χ4n) is 4.37. The Morgan fingerprint density at radius 3 is 2.78 bits per heavy atom. The van der Waals surface area contributed by atoms with Crippen molar-refractivity contribution in [1.82, 2.24) is 19.8 Å². The number of pyridine rings is 1. The van der Waals surface area contributed by atoms with Crippen molar-refractivity contribution in [3.05, 3.63) is 17.5 Å². The lowest BCUT2D eigenvalue weighted by Crippen LogP contribution is -2.23. The highest BCUT2D eigenvalue weighted by atomic mass is 16.7. The predicted molar refractivity (Wildman–Crippen MR) is 101 cm³/mol. The van der Waals surface area contributed by atoms with Gasteiger partial charge in [0, 0.05) is 38.3 Å². The van der Waals surface area contributed by atoms with Gasteiger partial charge in [-0.3, -0.25) is 9.52 Å². The average molecular weight is 373 g/mol. The summed E-state index contributed by atoms with van der Waals surface area (Å²) in [5.74, 6) is -0.346. The zero-order valence-electron chi connectivity index (χ0n) is 16.4. The number of aryl methyl sites for hydroxylation is 2. The number of hydrogen-bond acceptors (Lipinski definition) is 7. The molecule has 0 aromatic carbocycles. The maximum absolute atomic E-state index is 12.0. The van der Waals surface area contributed by atoms with Crippen LogP contribution < -0.4 is 5.32 Å². The highest BCUT2D eigenvalue weighted by Gasteiger charge is 2.39. The van der Waals surface area contributed by atoms with E-state index in [0.29, 0.717) is 12.5 Å². The molecule has 2 unspecified atom stereocenters. The SMILES string of the molecule is COC(=O)C1CC(c2cnc3c(c(C)nn3C)c2NC2CCCC2)N(C)O1. The normalized spacial score (nSPS) is 24.0. The standard InChI is InChI=1S/C19H27N5O3/c1-11-16-17(21-12-7-5-6-8-12)13(10-20-18(16)23(2)22-11)14-9-15(19(25)26-4)27-24(14)3/h10,12,14-15H,5-9H2,1-4H3,(H,20,21). The molecular formula is C19H27N5O3. The highest BCUT2D eigenvalue weighted by Crippen LogP contribution is 2.41. The number of ether oxygens (including phenoxy) is 1. The Morgan fingerprint density at radius 2 is 2.07 bits per heavy atom. The molecule has 27 heavy (non-hydrogen) atoms. The van der Waals surface area contributed by atoms with Gasteiger partial charge in [-0.2, -0.15) is 10.2 Å². The van der Waals surface area contributed by atoms with Crippen LogP contribution in [-0.4, -0.2) is 52.1 Å². The van der Waals surface area contributed by atoms with E-state index in [1.807, 2.05) is 31.9 Å². The van der Waals surface area contributed by atoms with Crippen molar-refractivity contribution in [1.29, 1.82) is 0 Å². The third kappa shape index (κ3) is 3.17. The number of nitrogens with one attached hydrogen (secondary N) is 1. The van der Waals surface area contributed by atoms with Crippen LogP contribution in [0.5, 0.6) is 0 Å². The number of carbonyl (C=O) groups excluding carboxylic acids is 1. The number of hydroxylamine groups is 2. The number of esters is 1. The molecule has 1 N–H and O–H groups in total. The molecule has 2 atom stereocenters. The van der Waals surface area contributed by atoms with Crippen LogP contribution >= 0.6 is 0 Å². The van der Waals surface area contributed by atoms with E-state index in [-0.39, 0.29) is 12.0 Å². The topological polar surface area (TPSA) is 81.5 Å². The number of carbonyl (C=O) groups is 1. The predicted octanol–water partition coefficient (Wildman–Crippen LogP) is 2.48. The number of anilines is 1. The first-order chi connectivity index (χ1) is 13.0. The van der Waals surface area contributed by atoms with Gasteiger partial charge in [0.1, 0.15) is 0 Å². The molecule has 2 aliphatic rings. The maximum atomic E-state index is 12.0. The van der Waals surface area contributed by atoms with E-state index in [0.717, 1.165) is 28.0 Å². The Kier molecular flexibility index (Phi) is 4.77. The lowest BCUT2D eigenvalue weighted by molar-refractivity contribution is -0.179. The van der Waals surface area contributed by atoms with E-state index in [9.17, 15) is 4.79 Å². The van der Waals surface area contributed by atoms with Gasteiger partial charge in [-0.25, -0.2) is 9.78 Å². The molecule has 8 heteroatoms. The second-order valence-electron chi connectivity index (χ2n) is 7.54. The van der Waals surface area contributed by atoms with Crippen molar-refractivity contribution < 1.29 is 14.4 Å². The third-order valence-corrected chi connectivity index (χ3v) is 5.75. The van der Waals surface area contributed by atoms with Crippen LogP contribution in [0.3, 0.4) is 0 Å². The Hall–Kier alpha value is -2.19. The summed E-state index contributed by atoms with van der Waals surface area (Å²) in [5.41, 5.74) is 3.93. The molecule has 1 saturated heterocycles. The molecular weight excluding hydrogens is 346 g/mol. The minimum Gasteiger partial charge on any atom is -0.467 e. The largest absolute Gasteiger partial charge is 0.467 e. The molecule has 2 aromatic heterocycles. The summed E-state index contributed by atoms with van der Waals surface area (Å²) in [5, 5.41) is 11.1. The van der Waals surface area contributed by atoms with Crippen molar-refractivity contribution in [2.45, 2.75) is 57.2 Å². The number of rotatable bonds is 4. The van der Waals surface area contributed by atoms with E-state index in [1.54, 1.807) is 5.06 Å². The van der Waals surface area contributed by atoms with Gasteiger partial charge in [0.05, 0.1) is 29.9 Å². The quantitative estimate of drug-likeness (QED) is 0.825. The van der Waals surface area contributed by atoms with Crippen molar-refractivity contribution in [3.63, 3.8) is 0 Å². The number of methoxy groups -OCH3 is 1. The molecule has 146 valence electrons. The number of fused-ring (bicyclic) bond motifs is 1. The average Bonchev–Trinajstić information content (AvgIpc) is 3.35. The Morgan fingerprint density at radius 1 is 1.33 bits per heavy atom. The van der Waals surface area contributed by atoms with Gasteiger partial charge in [-0.15, -0.1) is 0 Å². The molecule has 3 heterocycles. The first kappa shape index (κ1) is 18.2. The van der Waals surface area contributed by atoms with E-state index >= 15 is 0 Å². The van der Waals surface area contributed by atoms with Gasteiger partial charge < -0.3 is 10.1 Å². The van der Waals surface area contributed by atoms with Crippen LogP contribution in [0.1, 0.15) is 49.4 Å². The van der Waals surface area contributed by atoms with Crippen molar-refractivity contribution in [3.8, 4) is 0 Å². The minimum absolute atomic E-state index is 0.0745. The van der Waals surface area contributed by atoms with Crippen LogP contribution in [0.4, 0.5) is 5.69 Å².